The van der Waals surface area contributed by atoms with Crippen LogP contribution in [0.3, 0.4) is 0 Å². The zero-order chi connectivity index (χ0) is 10.6. The van der Waals surface area contributed by atoms with E-state index in [2.05, 4.69) is 34.3 Å². The SMILES string of the molecule is C=CC(CC(C)(C)C)C(C)C(C)O. The molecule has 0 fully saturated rings. The molecule has 0 saturated heterocycles. The molecule has 78 valence electrons. The Labute approximate surface area is 82.9 Å². The maximum Gasteiger partial charge on any atom is 0.0543 e. The van der Waals surface area contributed by atoms with Crippen LogP contribution in [0.4, 0.5) is 0 Å². The molecule has 0 aliphatic heterocycles. The number of aliphatic hydroxyl groups is 1. The van der Waals surface area contributed by atoms with Gasteiger partial charge in [0.25, 0.3) is 0 Å². The predicted octanol–water partition coefficient (Wildman–Crippen LogP) is 3.24. The van der Waals surface area contributed by atoms with Crippen molar-refractivity contribution in [3.05, 3.63) is 12.7 Å². The van der Waals surface area contributed by atoms with Gasteiger partial charge in [0, 0.05) is 0 Å². The second kappa shape index (κ2) is 4.80. The summed E-state index contributed by atoms with van der Waals surface area (Å²) in [5.41, 5.74) is 0.308. The molecule has 0 spiro atoms. The van der Waals surface area contributed by atoms with E-state index in [4.69, 9.17) is 0 Å². The molecule has 0 bridgehead atoms. The van der Waals surface area contributed by atoms with Crippen molar-refractivity contribution in [2.24, 2.45) is 17.3 Å². The quantitative estimate of drug-likeness (QED) is 0.665. The van der Waals surface area contributed by atoms with Gasteiger partial charge in [-0.15, -0.1) is 6.58 Å². The van der Waals surface area contributed by atoms with Crippen molar-refractivity contribution in [2.45, 2.75) is 47.1 Å². The van der Waals surface area contributed by atoms with Gasteiger partial charge in [-0.05, 0) is 30.6 Å². The van der Waals surface area contributed by atoms with E-state index in [0.29, 0.717) is 17.3 Å². The minimum atomic E-state index is -0.245. The molecule has 0 aliphatic carbocycles. The van der Waals surface area contributed by atoms with Crippen molar-refractivity contribution in [1.82, 2.24) is 0 Å². The van der Waals surface area contributed by atoms with Crippen LogP contribution >= 0.6 is 0 Å². The second-order valence-corrected chi connectivity index (χ2v) is 5.26. The van der Waals surface area contributed by atoms with Crippen molar-refractivity contribution in [3.8, 4) is 0 Å². The first-order chi connectivity index (χ1) is 5.78. The Bertz CT molecular complexity index is 153. The Morgan fingerprint density at radius 1 is 1.31 bits per heavy atom. The maximum absolute atomic E-state index is 9.47. The van der Waals surface area contributed by atoms with Gasteiger partial charge in [-0.1, -0.05) is 33.8 Å². The molecule has 0 aromatic heterocycles. The highest BCUT2D eigenvalue weighted by Gasteiger charge is 2.23. The lowest BCUT2D eigenvalue weighted by molar-refractivity contribution is 0.0977. The van der Waals surface area contributed by atoms with E-state index in [0.717, 1.165) is 6.42 Å². The van der Waals surface area contributed by atoms with Gasteiger partial charge >= 0.3 is 0 Å². The lowest BCUT2D eigenvalue weighted by Crippen LogP contribution is -2.25. The summed E-state index contributed by atoms with van der Waals surface area (Å²) in [6.07, 6.45) is 2.82. The van der Waals surface area contributed by atoms with Crippen LogP contribution in [0.15, 0.2) is 12.7 Å². The van der Waals surface area contributed by atoms with Crippen molar-refractivity contribution in [2.75, 3.05) is 0 Å². The third-order valence-electron chi connectivity index (χ3n) is 2.59. The molecule has 0 amide bonds. The van der Waals surface area contributed by atoms with Gasteiger partial charge in [-0.3, -0.25) is 0 Å². The van der Waals surface area contributed by atoms with E-state index in [9.17, 15) is 5.11 Å². The van der Waals surface area contributed by atoms with E-state index < -0.39 is 0 Å². The Morgan fingerprint density at radius 3 is 2.00 bits per heavy atom. The summed E-state index contributed by atoms with van der Waals surface area (Å²) in [6, 6.07) is 0. The number of rotatable bonds is 4. The van der Waals surface area contributed by atoms with Gasteiger partial charge in [0.1, 0.15) is 0 Å². The fourth-order valence-corrected chi connectivity index (χ4v) is 1.55. The van der Waals surface area contributed by atoms with Crippen LogP contribution in [0.5, 0.6) is 0 Å². The molecule has 0 aliphatic rings. The summed E-state index contributed by atoms with van der Waals surface area (Å²) in [7, 11) is 0. The highest BCUT2D eigenvalue weighted by Crippen LogP contribution is 2.30. The molecule has 0 radical (unpaired) electrons. The van der Waals surface area contributed by atoms with Gasteiger partial charge in [0.15, 0.2) is 0 Å². The molecule has 1 heteroatoms. The van der Waals surface area contributed by atoms with Crippen molar-refractivity contribution in [1.29, 1.82) is 0 Å². The zero-order valence-electron chi connectivity index (χ0n) is 9.67. The molecular weight excluding hydrogens is 160 g/mol. The first-order valence-electron chi connectivity index (χ1n) is 5.08. The highest BCUT2D eigenvalue weighted by atomic mass is 16.3. The molecule has 3 atom stereocenters. The Morgan fingerprint density at radius 2 is 1.77 bits per heavy atom. The maximum atomic E-state index is 9.47. The number of hydrogen-bond donors (Lipinski definition) is 1. The molecule has 3 unspecified atom stereocenters. The predicted molar refractivity (Wildman–Crippen MR) is 58.6 cm³/mol. The van der Waals surface area contributed by atoms with Gasteiger partial charge in [-0.25, -0.2) is 0 Å². The van der Waals surface area contributed by atoms with Crippen molar-refractivity contribution < 1.29 is 5.11 Å². The van der Waals surface area contributed by atoms with Crippen LogP contribution in [-0.4, -0.2) is 11.2 Å². The lowest BCUT2D eigenvalue weighted by atomic mass is 9.77. The van der Waals surface area contributed by atoms with Gasteiger partial charge in [-0.2, -0.15) is 0 Å². The van der Waals surface area contributed by atoms with Crippen LogP contribution in [0.1, 0.15) is 41.0 Å². The standard InChI is InChI=1S/C12H24O/c1-7-11(8-12(4,5)6)9(2)10(3)13/h7,9-11,13H,1,8H2,2-6H3. The first kappa shape index (κ1) is 12.7. The van der Waals surface area contributed by atoms with E-state index in [1.807, 2.05) is 13.0 Å². The fourth-order valence-electron chi connectivity index (χ4n) is 1.55. The Kier molecular flexibility index (Phi) is 4.69. The average molecular weight is 184 g/mol. The topological polar surface area (TPSA) is 20.2 Å². The Balaban J connectivity index is 4.26. The normalized spacial score (nSPS) is 19.2. The van der Waals surface area contributed by atoms with Crippen LogP contribution in [0, 0.1) is 17.3 Å². The monoisotopic (exact) mass is 184 g/mol. The van der Waals surface area contributed by atoms with Gasteiger partial charge in [0.2, 0.25) is 0 Å². The molecule has 1 nitrogen and oxygen atoms in total. The summed E-state index contributed by atoms with van der Waals surface area (Å²) < 4.78 is 0. The number of allylic oxidation sites excluding steroid dienone is 1. The van der Waals surface area contributed by atoms with E-state index >= 15 is 0 Å². The van der Waals surface area contributed by atoms with E-state index in [1.54, 1.807) is 0 Å². The fraction of sp³-hybridized carbons (Fsp3) is 0.833. The largest absolute Gasteiger partial charge is 0.393 e. The van der Waals surface area contributed by atoms with Gasteiger partial charge < -0.3 is 5.11 Å². The molecule has 0 heterocycles. The summed E-state index contributed by atoms with van der Waals surface area (Å²) in [5, 5.41) is 9.47. The van der Waals surface area contributed by atoms with Crippen molar-refractivity contribution in [3.63, 3.8) is 0 Å². The summed E-state index contributed by atoms with van der Waals surface area (Å²) in [6.45, 7) is 14.4. The van der Waals surface area contributed by atoms with E-state index in [1.165, 1.54) is 0 Å². The zero-order valence-corrected chi connectivity index (χ0v) is 9.67. The molecule has 0 aromatic carbocycles. The average Bonchev–Trinajstić information content (AvgIpc) is 1.97. The lowest BCUT2D eigenvalue weighted by Gasteiger charge is -2.29. The molecule has 0 rings (SSSR count). The third-order valence-corrected chi connectivity index (χ3v) is 2.59. The van der Waals surface area contributed by atoms with Gasteiger partial charge in [0.05, 0.1) is 6.10 Å². The minimum Gasteiger partial charge on any atom is -0.393 e. The van der Waals surface area contributed by atoms with Crippen LogP contribution in [0.2, 0.25) is 0 Å². The van der Waals surface area contributed by atoms with Crippen LogP contribution < -0.4 is 0 Å². The molecule has 1 N–H and O–H groups in total. The van der Waals surface area contributed by atoms with Crippen LogP contribution in [0.25, 0.3) is 0 Å². The summed E-state index contributed by atoms with van der Waals surface area (Å²) in [5.74, 6) is 0.719. The Hall–Kier alpha value is -0.300. The summed E-state index contributed by atoms with van der Waals surface area (Å²) in [4.78, 5) is 0. The highest BCUT2D eigenvalue weighted by molar-refractivity contribution is 4.87. The first-order valence-corrected chi connectivity index (χ1v) is 5.08. The van der Waals surface area contributed by atoms with Crippen LogP contribution in [-0.2, 0) is 0 Å². The van der Waals surface area contributed by atoms with E-state index in [-0.39, 0.29) is 6.10 Å². The molecule has 0 saturated carbocycles. The minimum absolute atomic E-state index is 0.245. The smallest absolute Gasteiger partial charge is 0.0543 e. The third kappa shape index (κ3) is 5.09. The van der Waals surface area contributed by atoms with Crippen molar-refractivity contribution >= 4 is 0 Å². The molecular formula is C12H24O. The molecule has 0 aromatic rings. The molecule has 13 heavy (non-hydrogen) atoms. The number of aliphatic hydroxyl groups excluding tert-OH is 1. The number of hydrogen-bond acceptors (Lipinski definition) is 1. The summed E-state index contributed by atoms with van der Waals surface area (Å²) >= 11 is 0. The second-order valence-electron chi connectivity index (χ2n) is 5.26.